The molecule has 0 aromatic rings. The SMILES string of the molecule is CCOC(=O)C1(C(=O)[O-])CN1OC. The molecule has 0 radical (unpaired) electrons. The Morgan fingerprint density at radius 1 is 1.62 bits per heavy atom. The Morgan fingerprint density at radius 2 is 2.23 bits per heavy atom. The van der Waals surface area contributed by atoms with Crippen LogP contribution in [-0.2, 0) is 19.2 Å². The van der Waals surface area contributed by atoms with E-state index >= 15 is 0 Å². The molecule has 0 aromatic carbocycles. The largest absolute Gasteiger partial charge is 0.547 e. The molecule has 0 spiro atoms. The number of aliphatic carboxylic acids is 1. The van der Waals surface area contributed by atoms with Gasteiger partial charge in [-0.05, 0) is 6.92 Å². The first-order valence-electron chi connectivity index (χ1n) is 3.80. The van der Waals surface area contributed by atoms with Gasteiger partial charge in [0.05, 0.1) is 26.2 Å². The molecular weight excluding hydrogens is 178 g/mol. The summed E-state index contributed by atoms with van der Waals surface area (Å²) < 4.78 is 4.58. The highest BCUT2D eigenvalue weighted by atomic mass is 16.7. The molecule has 2 atom stereocenters. The number of esters is 1. The van der Waals surface area contributed by atoms with Gasteiger partial charge in [0.1, 0.15) is 0 Å². The highest BCUT2D eigenvalue weighted by Crippen LogP contribution is 2.32. The average Bonchev–Trinajstić information content (AvgIpc) is 2.79. The van der Waals surface area contributed by atoms with Crippen molar-refractivity contribution in [3.8, 4) is 0 Å². The monoisotopic (exact) mass is 188 g/mol. The molecule has 6 heteroatoms. The maximum Gasteiger partial charge on any atom is 0.336 e. The van der Waals surface area contributed by atoms with Crippen LogP contribution in [0.1, 0.15) is 6.92 Å². The Labute approximate surface area is 75.0 Å². The highest BCUT2D eigenvalue weighted by molar-refractivity contribution is 6.06. The molecule has 2 unspecified atom stereocenters. The number of ether oxygens (including phenoxy) is 1. The second-order valence-corrected chi connectivity index (χ2v) is 2.59. The van der Waals surface area contributed by atoms with Crippen LogP contribution in [0, 0.1) is 0 Å². The molecule has 0 amide bonds. The fraction of sp³-hybridized carbons (Fsp3) is 0.714. The maximum atomic E-state index is 11.2. The van der Waals surface area contributed by atoms with Crippen molar-refractivity contribution in [1.82, 2.24) is 5.06 Å². The molecule has 1 saturated heterocycles. The van der Waals surface area contributed by atoms with Crippen LogP contribution in [-0.4, -0.2) is 42.8 Å². The molecule has 6 nitrogen and oxygen atoms in total. The molecule has 13 heavy (non-hydrogen) atoms. The summed E-state index contributed by atoms with van der Waals surface area (Å²) in [5, 5.41) is 11.6. The van der Waals surface area contributed by atoms with Crippen LogP contribution in [0.3, 0.4) is 0 Å². The van der Waals surface area contributed by atoms with Crippen molar-refractivity contribution < 1.29 is 24.3 Å². The van der Waals surface area contributed by atoms with Gasteiger partial charge >= 0.3 is 5.97 Å². The van der Waals surface area contributed by atoms with E-state index in [9.17, 15) is 14.7 Å². The number of carbonyl (C=O) groups excluding carboxylic acids is 2. The zero-order valence-electron chi connectivity index (χ0n) is 7.40. The lowest BCUT2D eigenvalue weighted by molar-refractivity contribution is -0.312. The summed E-state index contributed by atoms with van der Waals surface area (Å²) in [4.78, 5) is 26.4. The van der Waals surface area contributed by atoms with Crippen molar-refractivity contribution in [2.24, 2.45) is 0 Å². The molecule has 1 rings (SSSR count). The molecule has 0 N–H and O–H groups in total. The first-order chi connectivity index (χ1) is 6.09. The van der Waals surface area contributed by atoms with Crippen molar-refractivity contribution in [1.29, 1.82) is 0 Å². The van der Waals surface area contributed by atoms with Crippen LogP contribution < -0.4 is 5.11 Å². The first kappa shape index (κ1) is 9.94. The van der Waals surface area contributed by atoms with Gasteiger partial charge < -0.3 is 19.5 Å². The van der Waals surface area contributed by atoms with Crippen LogP contribution in [0.4, 0.5) is 0 Å². The summed E-state index contributed by atoms with van der Waals surface area (Å²) in [7, 11) is 1.28. The predicted octanol–water partition coefficient (Wildman–Crippen LogP) is -2.08. The fourth-order valence-electron chi connectivity index (χ4n) is 1.06. The molecule has 1 heterocycles. The number of carbonyl (C=O) groups is 2. The Morgan fingerprint density at radius 3 is 2.54 bits per heavy atom. The number of carboxylic acid groups (broad SMARTS) is 1. The van der Waals surface area contributed by atoms with Crippen molar-refractivity contribution in [2.45, 2.75) is 12.5 Å². The molecule has 0 aromatic heterocycles. The summed E-state index contributed by atoms with van der Waals surface area (Å²) in [6.45, 7) is 1.70. The van der Waals surface area contributed by atoms with Crippen molar-refractivity contribution in [3.05, 3.63) is 0 Å². The minimum absolute atomic E-state index is 0.0231. The minimum Gasteiger partial charge on any atom is -0.547 e. The first-order valence-corrected chi connectivity index (χ1v) is 3.80. The fourth-order valence-corrected chi connectivity index (χ4v) is 1.06. The van der Waals surface area contributed by atoms with E-state index in [0.29, 0.717) is 0 Å². The number of carboxylic acids is 1. The van der Waals surface area contributed by atoms with Gasteiger partial charge in [0.25, 0.3) is 0 Å². The van der Waals surface area contributed by atoms with Crippen molar-refractivity contribution in [2.75, 3.05) is 20.3 Å². The third-order valence-corrected chi connectivity index (χ3v) is 1.87. The van der Waals surface area contributed by atoms with Crippen LogP contribution in [0.25, 0.3) is 0 Å². The Kier molecular flexibility index (Phi) is 2.53. The lowest BCUT2D eigenvalue weighted by Crippen LogP contribution is -2.48. The van der Waals surface area contributed by atoms with Gasteiger partial charge in [-0.25, -0.2) is 4.79 Å². The lowest BCUT2D eigenvalue weighted by atomic mass is 10.2. The third-order valence-electron chi connectivity index (χ3n) is 1.87. The number of hydroxylamine groups is 2. The van der Waals surface area contributed by atoms with E-state index in [1.165, 1.54) is 7.11 Å². The van der Waals surface area contributed by atoms with E-state index in [0.717, 1.165) is 5.06 Å². The van der Waals surface area contributed by atoms with E-state index in [4.69, 9.17) is 0 Å². The predicted molar refractivity (Wildman–Crippen MR) is 38.1 cm³/mol. The van der Waals surface area contributed by atoms with Crippen LogP contribution in [0.2, 0.25) is 0 Å². The van der Waals surface area contributed by atoms with E-state index in [2.05, 4.69) is 9.57 Å². The van der Waals surface area contributed by atoms with Crippen molar-refractivity contribution >= 4 is 11.9 Å². The Balaban J connectivity index is 2.72. The average molecular weight is 188 g/mol. The summed E-state index contributed by atoms with van der Waals surface area (Å²) in [6, 6.07) is 0. The zero-order chi connectivity index (χ0) is 10.1. The molecule has 0 aliphatic carbocycles. The molecule has 0 saturated carbocycles. The number of nitrogens with zero attached hydrogens (tertiary/aromatic N) is 1. The van der Waals surface area contributed by atoms with Gasteiger partial charge in [0.15, 0.2) is 5.54 Å². The zero-order valence-corrected chi connectivity index (χ0v) is 7.40. The number of hydrogen-bond acceptors (Lipinski definition) is 6. The number of rotatable bonds is 4. The Hall–Kier alpha value is -1.14. The van der Waals surface area contributed by atoms with Gasteiger partial charge in [-0.1, -0.05) is 0 Å². The van der Waals surface area contributed by atoms with E-state index in [1.54, 1.807) is 6.92 Å². The molecule has 1 aliphatic rings. The highest BCUT2D eigenvalue weighted by Gasteiger charge is 2.62. The van der Waals surface area contributed by atoms with Gasteiger partial charge in [-0.3, -0.25) is 0 Å². The normalized spacial score (nSPS) is 31.1. The van der Waals surface area contributed by atoms with Crippen LogP contribution in [0.15, 0.2) is 0 Å². The minimum atomic E-state index is -1.72. The molecule has 0 bridgehead atoms. The molecule has 1 aliphatic heterocycles. The maximum absolute atomic E-state index is 11.2. The van der Waals surface area contributed by atoms with Crippen LogP contribution in [0.5, 0.6) is 0 Å². The van der Waals surface area contributed by atoms with Gasteiger partial charge in [-0.15, -0.1) is 0 Å². The molecule has 1 fully saturated rings. The number of hydrogen-bond donors (Lipinski definition) is 0. The lowest BCUT2D eigenvalue weighted by Gasteiger charge is -2.15. The van der Waals surface area contributed by atoms with E-state index in [1.807, 2.05) is 0 Å². The quantitative estimate of drug-likeness (QED) is 0.286. The standard InChI is InChI=1S/C7H11NO5/c1-3-13-6(11)7(5(9)10)4-8(7)12-2/h3-4H2,1-2H3,(H,9,10)/p-1. The van der Waals surface area contributed by atoms with E-state index < -0.39 is 17.5 Å². The van der Waals surface area contributed by atoms with Gasteiger partial charge in [0.2, 0.25) is 0 Å². The summed E-state index contributed by atoms with van der Waals surface area (Å²) in [6.07, 6.45) is 0. The summed E-state index contributed by atoms with van der Waals surface area (Å²) in [5.41, 5.74) is -1.72. The van der Waals surface area contributed by atoms with E-state index in [-0.39, 0.29) is 13.2 Å². The van der Waals surface area contributed by atoms with Crippen molar-refractivity contribution in [3.63, 3.8) is 0 Å². The molecular formula is C7H10NO5-. The molecule has 74 valence electrons. The van der Waals surface area contributed by atoms with Gasteiger partial charge in [-0.2, -0.15) is 5.06 Å². The van der Waals surface area contributed by atoms with Gasteiger partial charge in [0, 0.05) is 0 Å². The smallest absolute Gasteiger partial charge is 0.336 e. The summed E-state index contributed by atoms with van der Waals surface area (Å²) in [5.74, 6) is -2.33. The topological polar surface area (TPSA) is 78.7 Å². The summed E-state index contributed by atoms with van der Waals surface area (Å²) >= 11 is 0. The van der Waals surface area contributed by atoms with Crippen LogP contribution >= 0.6 is 0 Å². The second-order valence-electron chi connectivity index (χ2n) is 2.59. The Bertz CT molecular complexity index is 241. The second kappa shape index (κ2) is 3.31. The third kappa shape index (κ3) is 1.38.